The molecular weight excluding hydrogens is 437 g/mol. The first-order chi connectivity index (χ1) is 14.5. The molecule has 0 saturated carbocycles. The molecule has 0 atom stereocenters. The minimum absolute atomic E-state index is 0.0555. The molecule has 3 aromatic rings. The molecule has 160 valence electrons. The van der Waals surface area contributed by atoms with Crippen molar-refractivity contribution in [3.8, 4) is 11.8 Å². The van der Waals surface area contributed by atoms with E-state index in [1.807, 2.05) is 0 Å². The Bertz CT molecular complexity index is 1320. The van der Waals surface area contributed by atoms with E-state index in [4.69, 9.17) is 0 Å². The Labute approximate surface area is 175 Å². The highest BCUT2D eigenvalue weighted by Gasteiger charge is 2.23. The van der Waals surface area contributed by atoms with E-state index in [0.717, 1.165) is 30.3 Å². The van der Waals surface area contributed by atoms with Gasteiger partial charge in [-0.1, -0.05) is 11.8 Å². The van der Waals surface area contributed by atoms with Crippen LogP contribution in [0.2, 0.25) is 0 Å². The van der Waals surface area contributed by atoms with E-state index in [-0.39, 0.29) is 16.7 Å². The van der Waals surface area contributed by atoms with Crippen LogP contribution in [0.4, 0.5) is 27.6 Å². The van der Waals surface area contributed by atoms with Gasteiger partial charge in [0.15, 0.2) is 11.6 Å². The summed E-state index contributed by atoms with van der Waals surface area (Å²) in [6, 6.07) is 6.35. The first-order valence-electron chi connectivity index (χ1n) is 8.73. The predicted molar refractivity (Wildman–Crippen MR) is 105 cm³/mol. The second-order valence-electron chi connectivity index (χ2n) is 6.70. The molecule has 0 aromatic heterocycles. The van der Waals surface area contributed by atoms with Crippen LogP contribution in [0, 0.1) is 54.8 Å². The van der Waals surface area contributed by atoms with Crippen molar-refractivity contribution in [2.75, 3.05) is 4.72 Å². The van der Waals surface area contributed by atoms with Gasteiger partial charge in [-0.2, -0.15) is 0 Å². The van der Waals surface area contributed by atoms with E-state index in [9.17, 15) is 30.4 Å². The average molecular weight is 451 g/mol. The van der Waals surface area contributed by atoms with Gasteiger partial charge in [-0.25, -0.2) is 30.4 Å². The molecule has 0 radical (unpaired) electrons. The van der Waals surface area contributed by atoms with Crippen molar-refractivity contribution in [1.82, 2.24) is 0 Å². The molecule has 0 amide bonds. The predicted octanol–water partition coefficient (Wildman–Crippen LogP) is 5.20. The summed E-state index contributed by atoms with van der Waals surface area (Å²) in [4.78, 5) is -0.458. The lowest BCUT2D eigenvalue weighted by atomic mass is 10.1. The summed E-state index contributed by atoms with van der Waals surface area (Å²) in [7, 11) is -4.50. The highest BCUT2D eigenvalue weighted by molar-refractivity contribution is 7.92. The number of anilines is 1. The van der Waals surface area contributed by atoms with Crippen LogP contribution in [0.25, 0.3) is 0 Å². The largest absolute Gasteiger partial charge is 0.274 e. The third-order valence-corrected chi connectivity index (χ3v) is 5.70. The molecule has 3 nitrogen and oxygen atoms in total. The van der Waals surface area contributed by atoms with Crippen molar-refractivity contribution in [2.45, 2.75) is 18.7 Å². The number of halogens is 5. The van der Waals surface area contributed by atoms with E-state index in [1.165, 1.54) is 19.9 Å². The molecule has 0 heterocycles. The van der Waals surface area contributed by atoms with E-state index in [0.29, 0.717) is 11.6 Å². The molecular formula is C22H14F5NO2S. The molecule has 3 aromatic carbocycles. The van der Waals surface area contributed by atoms with Crippen molar-refractivity contribution in [3.05, 3.63) is 93.8 Å². The molecule has 0 aliphatic carbocycles. The highest BCUT2D eigenvalue weighted by Crippen LogP contribution is 2.27. The Morgan fingerprint density at radius 1 is 0.710 bits per heavy atom. The number of rotatable bonds is 3. The monoisotopic (exact) mass is 451 g/mol. The zero-order valence-corrected chi connectivity index (χ0v) is 17.0. The van der Waals surface area contributed by atoms with Crippen molar-refractivity contribution in [3.63, 3.8) is 0 Å². The van der Waals surface area contributed by atoms with Crippen LogP contribution >= 0.6 is 0 Å². The van der Waals surface area contributed by atoms with Crippen LogP contribution in [0.15, 0.2) is 47.4 Å². The topological polar surface area (TPSA) is 46.2 Å². The van der Waals surface area contributed by atoms with E-state index in [2.05, 4.69) is 11.8 Å². The summed E-state index contributed by atoms with van der Waals surface area (Å²) in [5, 5.41) is 0. The van der Waals surface area contributed by atoms with Gasteiger partial charge >= 0.3 is 0 Å². The van der Waals surface area contributed by atoms with Crippen LogP contribution in [0.3, 0.4) is 0 Å². The van der Waals surface area contributed by atoms with E-state index >= 15 is 0 Å². The molecule has 3 rings (SSSR count). The molecule has 0 saturated heterocycles. The Morgan fingerprint density at radius 3 is 1.77 bits per heavy atom. The third kappa shape index (κ3) is 5.03. The smallest absolute Gasteiger partial charge is 0.262 e. The van der Waals surface area contributed by atoms with Crippen LogP contribution in [0.5, 0.6) is 0 Å². The zero-order chi connectivity index (χ0) is 22.9. The normalized spacial score (nSPS) is 11.1. The number of hydrogen-bond acceptors (Lipinski definition) is 2. The number of nitrogens with one attached hydrogen (secondary N) is 1. The Balaban J connectivity index is 1.96. The summed E-state index contributed by atoms with van der Waals surface area (Å²) in [6.45, 7) is 2.70. The van der Waals surface area contributed by atoms with Gasteiger partial charge in [-0.15, -0.1) is 0 Å². The van der Waals surface area contributed by atoms with Crippen LogP contribution < -0.4 is 4.72 Å². The SMILES string of the molecule is Cc1cc(F)c(C)c(S(=O)(=O)Nc2c(F)cc(C#Cc3cc(F)cc(F)c3)cc2F)c1. The maximum Gasteiger partial charge on any atom is 0.262 e. The summed E-state index contributed by atoms with van der Waals surface area (Å²) < 4.78 is 96.1. The minimum atomic E-state index is -4.50. The van der Waals surface area contributed by atoms with E-state index < -0.39 is 49.7 Å². The molecule has 0 aliphatic rings. The molecule has 0 spiro atoms. The quantitative estimate of drug-likeness (QED) is 0.440. The summed E-state index contributed by atoms with van der Waals surface area (Å²) in [5.74, 6) is -0.338. The van der Waals surface area contributed by atoms with Gasteiger partial charge < -0.3 is 0 Å². The van der Waals surface area contributed by atoms with Gasteiger partial charge in [0.1, 0.15) is 23.1 Å². The van der Waals surface area contributed by atoms with Crippen molar-refractivity contribution in [1.29, 1.82) is 0 Å². The first-order valence-corrected chi connectivity index (χ1v) is 10.2. The summed E-state index contributed by atoms with van der Waals surface area (Å²) in [6.07, 6.45) is 0. The zero-order valence-electron chi connectivity index (χ0n) is 16.2. The van der Waals surface area contributed by atoms with Gasteiger partial charge in [-0.05, 0) is 55.8 Å². The first kappa shape index (κ1) is 22.3. The fraction of sp³-hybridized carbons (Fsp3) is 0.0909. The minimum Gasteiger partial charge on any atom is -0.274 e. The Morgan fingerprint density at radius 2 is 1.23 bits per heavy atom. The van der Waals surface area contributed by atoms with Gasteiger partial charge in [0.25, 0.3) is 10.0 Å². The van der Waals surface area contributed by atoms with Crippen molar-refractivity contribution >= 4 is 15.7 Å². The van der Waals surface area contributed by atoms with Crippen LogP contribution in [0.1, 0.15) is 22.3 Å². The maximum atomic E-state index is 14.4. The van der Waals surface area contributed by atoms with Gasteiger partial charge in [0.05, 0.1) is 4.90 Å². The Hall–Kier alpha value is -3.38. The average Bonchev–Trinajstić information content (AvgIpc) is 2.65. The summed E-state index contributed by atoms with van der Waals surface area (Å²) in [5.41, 5.74) is -1.11. The van der Waals surface area contributed by atoms with Crippen LogP contribution in [-0.2, 0) is 10.0 Å². The highest BCUT2D eigenvalue weighted by atomic mass is 32.2. The standard InChI is InChI=1S/C22H14F5NO2S/c1-12-5-18(25)13(2)21(6-12)31(29,30)28-22-19(26)9-15(10-20(22)27)4-3-14-7-16(23)11-17(24)8-14/h5-11,28H,1-2H3. The maximum absolute atomic E-state index is 14.4. The van der Waals surface area contributed by atoms with Gasteiger partial charge in [0.2, 0.25) is 0 Å². The molecule has 0 fully saturated rings. The number of sulfonamides is 1. The number of hydrogen-bond donors (Lipinski definition) is 1. The number of benzene rings is 3. The molecule has 31 heavy (non-hydrogen) atoms. The lowest BCUT2D eigenvalue weighted by Gasteiger charge is -2.13. The van der Waals surface area contributed by atoms with Gasteiger partial charge in [-0.3, -0.25) is 4.72 Å². The van der Waals surface area contributed by atoms with Gasteiger partial charge in [0, 0.05) is 22.8 Å². The Kier molecular flexibility index (Phi) is 6.04. The molecule has 9 heteroatoms. The fourth-order valence-electron chi connectivity index (χ4n) is 2.76. The molecule has 1 N–H and O–H groups in total. The lowest BCUT2D eigenvalue weighted by Crippen LogP contribution is -2.17. The van der Waals surface area contributed by atoms with Crippen molar-refractivity contribution in [2.24, 2.45) is 0 Å². The molecule has 0 bridgehead atoms. The lowest BCUT2D eigenvalue weighted by molar-refractivity contribution is 0.579. The molecule has 0 aliphatic heterocycles. The van der Waals surface area contributed by atoms with E-state index in [1.54, 1.807) is 4.72 Å². The van der Waals surface area contributed by atoms with Crippen molar-refractivity contribution < 1.29 is 30.4 Å². The fourth-order valence-corrected chi connectivity index (χ4v) is 4.18. The third-order valence-electron chi connectivity index (χ3n) is 4.22. The summed E-state index contributed by atoms with van der Waals surface area (Å²) >= 11 is 0. The number of aryl methyl sites for hydroxylation is 1. The second-order valence-corrected chi connectivity index (χ2v) is 8.35. The van der Waals surface area contributed by atoms with Crippen LogP contribution in [-0.4, -0.2) is 8.42 Å². The molecule has 0 unspecified atom stereocenters. The second kappa shape index (κ2) is 8.40.